The topological polar surface area (TPSA) is 65.1 Å². The summed E-state index contributed by atoms with van der Waals surface area (Å²) < 4.78 is 6.86. The molecule has 0 fully saturated rings. The van der Waals surface area contributed by atoms with Crippen LogP contribution in [0, 0.1) is 13.8 Å². The van der Waals surface area contributed by atoms with E-state index >= 15 is 0 Å². The van der Waals surface area contributed by atoms with E-state index in [0.29, 0.717) is 31.8 Å². The highest BCUT2D eigenvalue weighted by molar-refractivity contribution is 7.22. The predicted octanol–water partition coefficient (Wildman–Crippen LogP) is 5.55. The maximum absolute atomic E-state index is 13.3. The van der Waals surface area contributed by atoms with Crippen LogP contribution in [0.2, 0.25) is 5.02 Å². The first-order chi connectivity index (χ1) is 14.9. The minimum Gasteiger partial charge on any atom is -0.423 e. The lowest BCUT2D eigenvalue weighted by molar-refractivity contribution is 0.557. The summed E-state index contributed by atoms with van der Waals surface area (Å²) in [5.41, 5.74) is 3.29. The van der Waals surface area contributed by atoms with Gasteiger partial charge in [0, 0.05) is 21.4 Å². The first-order valence-corrected chi connectivity index (χ1v) is 10.9. The van der Waals surface area contributed by atoms with Crippen molar-refractivity contribution >= 4 is 44.1 Å². The minimum absolute atomic E-state index is 0.138. The zero-order valence-electron chi connectivity index (χ0n) is 16.8. The number of rotatable bonds is 3. The predicted molar refractivity (Wildman–Crippen MR) is 125 cm³/mol. The van der Waals surface area contributed by atoms with Gasteiger partial charge in [-0.05, 0) is 48.2 Å². The molecule has 0 radical (unpaired) electrons. The number of halogens is 1. The van der Waals surface area contributed by atoms with Gasteiger partial charge in [0.2, 0.25) is 0 Å². The van der Waals surface area contributed by atoms with Gasteiger partial charge >= 0.3 is 5.63 Å². The zero-order chi connectivity index (χ0) is 21.7. The molecular weight excluding hydrogens is 432 g/mol. The molecule has 0 saturated carbocycles. The van der Waals surface area contributed by atoms with Crippen LogP contribution < -0.4 is 11.2 Å². The summed E-state index contributed by atoms with van der Waals surface area (Å²) >= 11 is 7.80. The van der Waals surface area contributed by atoms with E-state index < -0.39 is 5.63 Å². The van der Waals surface area contributed by atoms with Crippen molar-refractivity contribution in [3.8, 4) is 10.4 Å². The molecular formula is C24H17ClN2O3S. The molecule has 5 nitrogen and oxygen atoms in total. The molecule has 0 unspecified atom stereocenters. The van der Waals surface area contributed by atoms with Gasteiger partial charge in [-0.2, -0.15) is 0 Å². The van der Waals surface area contributed by atoms with Gasteiger partial charge in [-0.3, -0.25) is 9.36 Å². The van der Waals surface area contributed by atoms with Gasteiger partial charge in [-0.15, -0.1) is 11.3 Å². The molecule has 7 heteroatoms. The molecule has 31 heavy (non-hydrogen) atoms. The summed E-state index contributed by atoms with van der Waals surface area (Å²) in [6.07, 6.45) is 1.53. The molecule has 0 aliphatic carbocycles. The number of aryl methyl sites for hydroxylation is 2. The lowest BCUT2D eigenvalue weighted by Crippen LogP contribution is -2.21. The van der Waals surface area contributed by atoms with Crippen molar-refractivity contribution < 1.29 is 4.42 Å². The summed E-state index contributed by atoms with van der Waals surface area (Å²) in [6.45, 7) is 3.99. The zero-order valence-corrected chi connectivity index (χ0v) is 18.4. The first kappa shape index (κ1) is 19.7. The lowest BCUT2D eigenvalue weighted by atomic mass is 10.1. The Kier molecular flexibility index (Phi) is 4.76. The highest BCUT2D eigenvalue weighted by Crippen LogP contribution is 2.35. The van der Waals surface area contributed by atoms with Crippen molar-refractivity contribution in [2.45, 2.75) is 20.4 Å². The third-order valence-corrected chi connectivity index (χ3v) is 7.06. The molecule has 0 spiro atoms. The Hall–Kier alpha value is -3.22. The van der Waals surface area contributed by atoms with Gasteiger partial charge in [-0.25, -0.2) is 9.78 Å². The Morgan fingerprint density at radius 1 is 1.10 bits per heavy atom. The normalized spacial score (nSPS) is 11.5. The molecule has 0 aliphatic heterocycles. The Labute approximate surface area is 186 Å². The summed E-state index contributed by atoms with van der Waals surface area (Å²) in [4.78, 5) is 31.7. The molecule has 0 amide bonds. The highest BCUT2D eigenvalue weighted by Gasteiger charge is 2.17. The van der Waals surface area contributed by atoms with Gasteiger partial charge in [0.1, 0.15) is 10.4 Å². The second-order valence-electron chi connectivity index (χ2n) is 7.47. The number of nitrogens with zero attached hydrogens (tertiary/aromatic N) is 2. The molecule has 5 rings (SSSR count). The van der Waals surface area contributed by atoms with Crippen LogP contribution >= 0.6 is 22.9 Å². The van der Waals surface area contributed by atoms with Crippen LogP contribution in [0.1, 0.15) is 16.7 Å². The average molecular weight is 449 g/mol. The van der Waals surface area contributed by atoms with Crippen LogP contribution in [0.25, 0.3) is 31.6 Å². The van der Waals surface area contributed by atoms with Crippen LogP contribution in [-0.4, -0.2) is 9.55 Å². The number of benzene rings is 2. The molecule has 154 valence electrons. The number of aromatic nitrogens is 2. The molecule has 0 saturated heterocycles. The maximum Gasteiger partial charge on any atom is 0.336 e. The summed E-state index contributed by atoms with van der Waals surface area (Å²) in [6, 6.07) is 14.9. The summed E-state index contributed by atoms with van der Waals surface area (Å²) in [7, 11) is 0. The van der Waals surface area contributed by atoms with E-state index in [9.17, 15) is 9.59 Å². The van der Waals surface area contributed by atoms with E-state index in [0.717, 1.165) is 21.6 Å². The van der Waals surface area contributed by atoms with Crippen molar-refractivity contribution in [1.29, 1.82) is 0 Å². The maximum atomic E-state index is 13.3. The van der Waals surface area contributed by atoms with Gasteiger partial charge in [0.25, 0.3) is 5.56 Å². The molecule has 0 aliphatic rings. The quantitative estimate of drug-likeness (QED) is 0.339. The number of hydrogen-bond donors (Lipinski definition) is 0. The highest BCUT2D eigenvalue weighted by atomic mass is 35.5. The molecule has 3 aromatic heterocycles. The van der Waals surface area contributed by atoms with E-state index in [-0.39, 0.29) is 12.1 Å². The standard InChI is InChI=1S/C24H17ClN2O3S/c1-13-8-19-17(10-18(13)25)16(9-20(28)30-19)11-27-12-26-23-21(24(27)29)14(2)22(31-23)15-6-4-3-5-7-15/h3-10,12H,11H2,1-2H3. The van der Waals surface area contributed by atoms with Crippen LogP contribution in [0.5, 0.6) is 0 Å². The third-order valence-electron chi connectivity index (χ3n) is 5.40. The van der Waals surface area contributed by atoms with Gasteiger partial charge in [0.15, 0.2) is 0 Å². The van der Waals surface area contributed by atoms with Crippen LogP contribution in [-0.2, 0) is 6.54 Å². The smallest absolute Gasteiger partial charge is 0.336 e. The summed E-state index contributed by atoms with van der Waals surface area (Å²) in [5.74, 6) is 0. The Morgan fingerprint density at radius 2 is 1.87 bits per heavy atom. The van der Waals surface area contributed by atoms with E-state index in [4.69, 9.17) is 16.0 Å². The number of fused-ring (bicyclic) bond motifs is 2. The van der Waals surface area contributed by atoms with Crippen molar-refractivity contribution in [3.63, 3.8) is 0 Å². The van der Waals surface area contributed by atoms with Crippen LogP contribution in [0.3, 0.4) is 0 Å². The van der Waals surface area contributed by atoms with E-state index in [2.05, 4.69) is 4.98 Å². The van der Waals surface area contributed by atoms with E-state index in [1.807, 2.05) is 44.2 Å². The number of hydrogen-bond acceptors (Lipinski definition) is 5. The minimum atomic E-state index is -0.468. The molecule has 3 heterocycles. The molecule has 0 bridgehead atoms. The Bertz CT molecular complexity index is 1580. The van der Waals surface area contributed by atoms with Crippen LogP contribution in [0.15, 0.2) is 68.9 Å². The van der Waals surface area contributed by atoms with Crippen molar-refractivity contribution in [2.75, 3.05) is 0 Å². The largest absolute Gasteiger partial charge is 0.423 e. The molecule has 2 aromatic carbocycles. The van der Waals surface area contributed by atoms with Gasteiger partial charge < -0.3 is 4.42 Å². The monoisotopic (exact) mass is 448 g/mol. The summed E-state index contributed by atoms with van der Waals surface area (Å²) in [5, 5.41) is 1.88. The molecule has 0 atom stereocenters. The van der Waals surface area contributed by atoms with Crippen LogP contribution in [0.4, 0.5) is 0 Å². The fraction of sp³-hybridized carbons (Fsp3) is 0.125. The van der Waals surface area contributed by atoms with E-state index in [1.54, 1.807) is 12.1 Å². The second kappa shape index (κ2) is 7.48. The molecule has 5 aromatic rings. The van der Waals surface area contributed by atoms with Gasteiger partial charge in [0.05, 0.1) is 18.3 Å². The third kappa shape index (κ3) is 3.38. The number of thiophene rings is 1. The average Bonchev–Trinajstić information content (AvgIpc) is 3.09. The van der Waals surface area contributed by atoms with Gasteiger partial charge in [-0.1, -0.05) is 41.9 Å². The van der Waals surface area contributed by atoms with E-state index in [1.165, 1.54) is 28.3 Å². The molecule has 0 N–H and O–H groups in total. The first-order valence-electron chi connectivity index (χ1n) is 9.69. The SMILES string of the molecule is Cc1cc2oc(=O)cc(Cn3cnc4sc(-c5ccccc5)c(C)c4c3=O)c2cc1Cl. The Morgan fingerprint density at radius 3 is 2.65 bits per heavy atom. The fourth-order valence-corrected chi connectivity index (χ4v) is 5.11. The van der Waals surface area contributed by atoms with Crippen molar-refractivity contribution in [3.05, 3.63) is 97.3 Å². The Balaban J connectivity index is 1.67. The second-order valence-corrected chi connectivity index (χ2v) is 8.87. The van der Waals surface area contributed by atoms with Crippen molar-refractivity contribution in [1.82, 2.24) is 9.55 Å². The fourth-order valence-electron chi connectivity index (χ4n) is 3.80. The lowest BCUT2D eigenvalue weighted by Gasteiger charge is -2.09. The van der Waals surface area contributed by atoms with Crippen molar-refractivity contribution in [2.24, 2.45) is 0 Å².